The topological polar surface area (TPSA) is 35.2 Å². The lowest BCUT2D eigenvalue weighted by atomic mass is 10.8. The van der Waals surface area contributed by atoms with Crippen molar-refractivity contribution in [3.63, 3.8) is 0 Å². The average molecular weight is 99.1 g/mol. The first-order valence-corrected chi connectivity index (χ1v) is 2.40. The van der Waals surface area contributed by atoms with Crippen molar-refractivity contribution in [2.45, 2.75) is 18.9 Å². The fourth-order valence-electron chi connectivity index (χ4n) is 0.400. The summed E-state index contributed by atoms with van der Waals surface area (Å²) in [5.74, 6) is 0.350. The van der Waals surface area contributed by atoms with Crippen LogP contribution in [0.15, 0.2) is 12.5 Å². The quantitative estimate of drug-likeness (QED) is 0.514. The summed E-state index contributed by atoms with van der Waals surface area (Å²) in [5, 5.41) is 0. The van der Waals surface area contributed by atoms with E-state index in [4.69, 9.17) is 10.5 Å². The van der Waals surface area contributed by atoms with Crippen LogP contribution in [0.1, 0.15) is 12.8 Å². The van der Waals surface area contributed by atoms with Gasteiger partial charge < -0.3 is 10.5 Å². The van der Waals surface area contributed by atoms with E-state index in [-0.39, 0.29) is 0 Å². The SMILES string of the molecule is C=C(N)OC1CC1. The van der Waals surface area contributed by atoms with Crippen molar-refractivity contribution in [2.75, 3.05) is 0 Å². The van der Waals surface area contributed by atoms with Crippen LogP contribution >= 0.6 is 0 Å². The Morgan fingerprint density at radius 3 is 2.43 bits per heavy atom. The maximum atomic E-state index is 5.12. The van der Waals surface area contributed by atoms with Crippen LogP contribution in [-0.2, 0) is 4.74 Å². The molecule has 0 aromatic heterocycles. The Balaban J connectivity index is 2.08. The van der Waals surface area contributed by atoms with Crippen LogP contribution < -0.4 is 5.73 Å². The molecule has 0 atom stereocenters. The molecule has 0 radical (unpaired) electrons. The molecule has 0 saturated heterocycles. The van der Waals surface area contributed by atoms with Crippen LogP contribution in [0, 0.1) is 0 Å². The molecule has 7 heavy (non-hydrogen) atoms. The van der Waals surface area contributed by atoms with Gasteiger partial charge in [0.05, 0.1) is 0 Å². The predicted octanol–water partition coefficient (Wildman–Crippen LogP) is 0.595. The highest BCUT2D eigenvalue weighted by Crippen LogP contribution is 2.24. The number of ether oxygens (including phenoxy) is 1. The highest BCUT2D eigenvalue weighted by molar-refractivity contribution is 4.82. The van der Waals surface area contributed by atoms with Crippen LogP contribution in [-0.4, -0.2) is 6.10 Å². The molecular weight excluding hydrogens is 90.1 g/mol. The zero-order valence-corrected chi connectivity index (χ0v) is 4.18. The van der Waals surface area contributed by atoms with Gasteiger partial charge in [0.15, 0.2) is 5.88 Å². The Labute approximate surface area is 43.0 Å². The average Bonchev–Trinajstić information content (AvgIpc) is 2.17. The van der Waals surface area contributed by atoms with Crippen LogP contribution in [0.25, 0.3) is 0 Å². The normalized spacial score (nSPS) is 18.9. The van der Waals surface area contributed by atoms with Crippen molar-refractivity contribution in [1.82, 2.24) is 0 Å². The molecule has 1 fully saturated rings. The summed E-state index contributed by atoms with van der Waals surface area (Å²) in [6.45, 7) is 3.39. The van der Waals surface area contributed by atoms with Gasteiger partial charge in [0.2, 0.25) is 0 Å². The lowest BCUT2D eigenvalue weighted by Gasteiger charge is -1.98. The molecule has 2 heteroatoms. The van der Waals surface area contributed by atoms with Crippen LogP contribution in [0.3, 0.4) is 0 Å². The van der Waals surface area contributed by atoms with Gasteiger partial charge in [-0.15, -0.1) is 0 Å². The van der Waals surface area contributed by atoms with Crippen LogP contribution in [0.5, 0.6) is 0 Å². The van der Waals surface area contributed by atoms with Gasteiger partial charge in [0.1, 0.15) is 6.10 Å². The molecule has 1 aliphatic carbocycles. The second kappa shape index (κ2) is 1.45. The summed E-state index contributed by atoms with van der Waals surface area (Å²) >= 11 is 0. The second-order valence-electron chi connectivity index (χ2n) is 1.78. The van der Waals surface area contributed by atoms with E-state index in [0.29, 0.717) is 12.0 Å². The van der Waals surface area contributed by atoms with Gasteiger partial charge in [-0.2, -0.15) is 0 Å². The van der Waals surface area contributed by atoms with E-state index in [0.717, 1.165) is 12.8 Å². The molecule has 40 valence electrons. The molecular formula is C5H9NO. The van der Waals surface area contributed by atoms with E-state index in [1.165, 1.54) is 0 Å². The van der Waals surface area contributed by atoms with E-state index in [1.54, 1.807) is 0 Å². The summed E-state index contributed by atoms with van der Waals surface area (Å²) in [4.78, 5) is 0. The molecule has 0 aromatic carbocycles. The third kappa shape index (κ3) is 1.48. The van der Waals surface area contributed by atoms with Gasteiger partial charge in [0.25, 0.3) is 0 Å². The van der Waals surface area contributed by atoms with Crippen molar-refractivity contribution in [2.24, 2.45) is 5.73 Å². The van der Waals surface area contributed by atoms with Gasteiger partial charge in [-0.05, 0) is 19.4 Å². The first-order chi connectivity index (χ1) is 3.29. The highest BCUT2D eigenvalue weighted by Gasteiger charge is 2.22. The Kier molecular flexibility index (Phi) is 0.929. The maximum absolute atomic E-state index is 5.12. The van der Waals surface area contributed by atoms with Crippen molar-refractivity contribution >= 4 is 0 Å². The Morgan fingerprint density at radius 2 is 2.29 bits per heavy atom. The second-order valence-corrected chi connectivity index (χ2v) is 1.78. The van der Waals surface area contributed by atoms with Crippen molar-refractivity contribution in [1.29, 1.82) is 0 Å². The minimum Gasteiger partial charge on any atom is -0.477 e. The molecule has 0 unspecified atom stereocenters. The monoisotopic (exact) mass is 99.1 g/mol. The molecule has 1 saturated carbocycles. The number of hydrogen-bond acceptors (Lipinski definition) is 2. The lowest BCUT2D eigenvalue weighted by molar-refractivity contribution is 0.196. The first-order valence-electron chi connectivity index (χ1n) is 2.40. The van der Waals surface area contributed by atoms with Gasteiger partial charge in [0, 0.05) is 0 Å². The minimum absolute atomic E-state index is 0.350. The zero-order chi connectivity index (χ0) is 5.28. The first kappa shape index (κ1) is 4.50. The molecule has 0 bridgehead atoms. The Bertz CT molecular complexity index is 86.1. The minimum atomic E-state index is 0.350. The van der Waals surface area contributed by atoms with Gasteiger partial charge in [-0.25, -0.2) is 0 Å². The Morgan fingerprint density at radius 1 is 1.71 bits per heavy atom. The third-order valence-electron chi connectivity index (χ3n) is 0.842. The van der Waals surface area contributed by atoms with Crippen molar-refractivity contribution < 1.29 is 4.74 Å². The van der Waals surface area contributed by atoms with E-state index >= 15 is 0 Å². The molecule has 0 heterocycles. The molecule has 0 amide bonds. The van der Waals surface area contributed by atoms with Crippen molar-refractivity contribution in [3.8, 4) is 0 Å². The summed E-state index contributed by atoms with van der Waals surface area (Å²) in [6.07, 6.45) is 2.70. The van der Waals surface area contributed by atoms with E-state index in [1.807, 2.05) is 0 Å². The van der Waals surface area contributed by atoms with Crippen molar-refractivity contribution in [3.05, 3.63) is 12.5 Å². The standard InChI is InChI=1S/C5H9NO/c1-4(6)7-5-2-3-5/h5H,1-3,6H2. The fourth-order valence-corrected chi connectivity index (χ4v) is 0.400. The molecule has 2 N–H and O–H groups in total. The molecule has 0 spiro atoms. The molecule has 2 nitrogen and oxygen atoms in total. The summed E-state index contributed by atoms with van der Waals surface area (Å²) < 4.78 is 4.94. The zero-order valence-electron chi connectivity index (χ0n) is 4.18. The third-order valence-corrected chi connectivity index (χ3v) is 0.842. The van der Waals surface area contributed by atoms with Crippen LogP contribution in [0.2, 0.25) is 0 Å². The maximum Gasteiger partial charge on any atom is 0.176 e. The summed E-state index contributed by atoms with van der Waals surface area (Å²) in [5.41, 5.74) is 5.12. The largest absolute Gasteiger partial charge is 0.477 e. The molecule has 0 aliphatic heterocycles. The predicted molar refractivity (Wildman–Crippen MR) is 27.4 cm³/mol. The van der Waals surface area contributed by atoms with E-state index < -0.39 is 0 Å². The molecule has 1 aliphatic rings. The van der Waals surface area contributed by atoms with Gasteiger partial charge in [-0.1, -0.05) is 0 Å². The van der Waals surface area contributed by atoms with Gasteiger partial charge >= 0.3 is 0 Å². The number of rotatable bonds is 2. The number of hydrogen-bond donors (Lipinski definition) is 1. The van der Waals surface area contributed by atoms with E-state index in [9.17, 15) is 0 Å². The summed E-state index contributed by atoms with van der Waals surface area (Å²) in [6, 6.07) is 0. The van der Waals surface area contributed by atoms with Crippen LogP contribution in [0.4, 0.5) is 0 Å². The molecule has 1 rings (SSSR count). The molecule has 0 aromatic rings. The van der Waals surface area contributed by atoms with Gasteiger partial charge in [-0.3, -0.25) is 0 Å². The summed E-state index contributed by atoms with van der Waals surface area (Å²) in [7, 11) is 0. The lowest BCUT2D eigenvalue weighted by Crippen LogP contribution is -2.01. The fraction of sp³-hybridized carbons (Fsp3) is 0.600. The Hall–Kier alpha value is -0.660. The number of nitrogens with two attached hydrogens (primary N) is 1. The smallest absolute Gasteiger partial charge is 0.176 e. The van der Waals surface area contributed by atoms with E-state index in [2.05, 4.69) is 6.58 Å². The highest BCUT2D eigenvalue weighted by atomic mass is 16.5.